The molecule has 1 amide bonds. The van der Waals surface area contributed by atoms with Gasteiger partial charge in [-0.05, 0) is 44.4 Å². The predicted octanol–water partition coefficient (Wildman–Crippen LogP) is 2.41. The van der Waals surface area contributed by atoms with E-state index in [1.54, 1.807) is 30.5 Å². The van der Waals surface area contributed by atoms with E-state index in [1.165, 1.54) is 30.1 Å². The fraction of sp³-hybridized carbons (Fsp3) is 0.312. The quantitative estimate of drug-likeness (QED) is 0.639. The second-order valence-corrected chi connectivity index (χ2v) is 5.94. The molecule has 2 rings (SSSR count). The molecule has 0 atom stereocenters. The molecular formula is C16H18FN3O3S. The molecule has 0 fully saturated rings. The van der Waals surface area contributed by atoms with E-state index in [4.69, 9.17) is 4.74 Å². The van der Waals surface area contributed by atoms with Gasteiger partial charge in [0.2, 0.25) is 0 Å². The van der Waals surface area contributed by atoms with Crippen LogP contribution in [0.4, 0.5) is 4.39 Å². The van der Waals surface area contributed by atoms with Crippen LogP contribution in [0.3, 0.4) is 0 Å². The number of aromatic nitrogens is 2. The Labute approximate surface area is 143 Å². The van der Waals surface area contributed by atoms with Gasteiger partial charge in [0.25, 0.3) is 5.91 Å². The van der Waals surface area contributed by atoms with E-state index in [-0.39, 0.29) is 24.2 Å². The van der Waals surface area contributed by atoms with Gasteiger partial charge in [-0.1, -0.05) is 11.8 Å². The van der Waals surface area contributed by atoms with Crippen LogP contribution in [0.5, 0.6) is 0 Å². The number of imidazole rings is 1. The summed E-state index contributed by atoms with van der Waals surface area (Å²) in [4.78, 5) is 28.1. The molecule has 128 valence electrons. The number of hydrogen-bond acceptors (Lipinski definition) is 5. The van der Waals surface area contributed by atoms with Crippen LogP contribution in [0.15, 0.2) is 35.6 Å². The van der Waals surface area contributed by atoms with Crippen molar-refractivity contribution in [1.82, 2.24) is 14.9 Å². The van der Waals surface area contributed by atoms with Crippen molar-refractivity contribution >= 4 is 23.6 Å². The lowest BCUT2D eigenvalue weighted by Crippen LogP contribution is -2.32. The van der Waals surface area contributed by atoms with Crippen molar-refractivity contribution in [2.45, 2.75) is 25.1 Å². The highest BCUT2D eigenvalue weighted by Gasteiger charge is 2.18. The van der Waals surface area contributed by atoms with E-state index < -0.39 is 11.9 Å². The highest BCUT2D eigenvalue weighted by molar-refractivity contribution is 7.98. The van der Waals surface area contributed by atoms with Gasteiger partial charge >= 0.3 is 5.97 Å². The van der Waals surface area contributed by atoms with E-state index in [9.17, 15) is 14.0 Å². The number of nitrogens with one attached hydrogen (secondary N) is 1. The van der Waals surface area contributed by atoms with Crippen molar-refractivity contribution in [1.29, 1.82) is 0 Å². The average molecular weight is 351 g/mol. The van der Waals surface area contributed by atoms with Crippen LogP contribution in [-0.4, -0.2) is 40.3 Å². The maximum absolute atomic E-state index is 13.1. The summed E-state index contributed by atoms with van der Waals surface area (Å²) >= 11 is 1.35. The van der Waals surface area contributed by atoms with Gasteiger partial charge < -0.3 is 10.1 Å². The second-order valence-electron chi connectivity index (χ2n) is 5.16. The third-order valence-corrected chi connectivity index (χ3v) is 3.64. The fourth-order valence-electron chi connectivity index (χ4n) is 2.03. The van der Waals surface area contributed by atoms with Crippen molar-refractivity contribution < 1.29 is 18.7 Å². The lowest BCUT2D eigenvalue weighted by molar-refractivity contribution is -0.146. The van der Waals surface area contributed by atoms with Crippen LogP contribution >= 0.6 is 11.8 Å². The van der Waals surface area contributed by atoms with Crippen molar-refractivity contribution in [2.24, 2.45) is 0 Å². The number of amides is 1. The average Bonchev–Trinajstić information content (AvgIpc) is 2.96. The zero-order valence-corrected chi connectivity index (χ0v) is 14.4. The largest absolute Gasteiger partial charge is 0.462 e. The predicted molar refractivity (Wildman–Crippen MR) is 88.9 cm³/mol. The number of rotatable bonds is 6. The first kappa shape index (κ1) is 18.0. The highest BCUT2D eigenvalue weighted by Crippen LogP contribution is 2.22. The first-order valence-corrected chi connectivity index (χ1v) is 8.50. The summed E-state index contributed by atoms with van der Waals surface area (Å²) in [6, 6.07) is 5.73. The molecule has 0 bridgehead atoms. The van der Waals surface area contributed by atoms with E-state index >= 15 is 0 Å². The van der Waals surface area contributed by atoms with Crippen LogP contribution in [0.2, 0.25) is 0 Å². The first-order chi connectivity index (χ1) is 11.4. The minimum atomic E-state index is -0.517. The molecule has 0 saturated heterocycles. The maximum atomic E-state index is 13.1. The van der Waals surface area contributed by atoms with Crippen molar-refractivity contribution in [3.63, 3.8) is 0 Å². The summed E-state index contributed by atoms with van der Waals surface area (Å²) < 4.78 is 19.7. The molecule has 24 heavy (non-hydrogen) atoms. The Balaban J connectivity index is 2.21. The molecule has 0 spiro atoms. The van der Waals surface area contributed by atoms with E-state index in [2.05, 4.69) is 10.3 Å². The Morgan fingerprint density at radius 1 is 1.33 bits per heavy atom. The summed E-state index contributed by atoms with van der Waals surface area (Å²) in [5.41, 5.74) is 0.858. The van der Waals surface area contributed by atoms with Gasteiger partial charge in [0.1, 0.15) is 18.1 Å². The van der Waals surface area contributed by atoms with Gasteiger partial charge in [-0.25, -0.2) is 9.37 Å². The lowest BCUT2D eigenvalue weighted by Gasteiger charge is -2.12. The molecule has 0 aliphatic carbocycles. The van der Waals surface area contributed by atoms with Gasteiger partial charge in [-0.3, -0.25) is 14.2 Å². The summed E-state index contributed by atoms with van der Waals surface area (Å²) in [6.45, 7) is 3.22. The number of benzene rings is 1. The highest BCUT2D eigenvalue weighted by atomic mass is 32.2. The lowest BCUT2D eigenvalue weighted by atomic mass is 10.3. The van der Waals surface area contributed by atoms with Crippen LogP contribution < -0.4 is 5.32 Å². The van der Waals surface area contributed by atoms with E-state index in [1.807, 2.05) is 6.26 Å². The van der Waals surface area contributed by atoms with Gasteiger partial charge in [-0.15, -0.1) is 0 Å². The van der Waals surface area contributed by atoms with Crippen molar-refractivity contribution in [3.8, 4) is 5.69 Å². The number of carbonyl (C=O) groups excluding carboxylic acids is 2. The Morgan fingerprint density at radius 3 is 2.58 bits per heavy atom. The molecule has 1 aromatic carbocycles. The number of hydrogen-bond donors (Lipinski definition) is 1. The molecule has 0 radical (unpaired) electrons. The fourth-order valence-corrected chi connectivity index (χ4v) is 2.57. The molecule has 0 aliphatic heterocycles. The van der Waals surface area contributed by atoms with E-state index in [0.717, 1.165) is 0 Å². The van der Waals surface area contributed by atoms with Crippen LogP contribution in [0.1, 0.15) is 24.3 Å². The Kier molecular flexibility index (Phi) is 5.97. The number of thioether (sulfide) groups is 1. The third kappa shape index (κ3) is 4.35. The summed E-state index contributed by atoms with van der Waals surface area (Å²) in [6.07, 6.45) is 2.99. The standard InChI is InChI=1S/C16H18FN3O3S/c1-10(2)23-14(21)9-18-15(22)13-8-19-16(24-3)20(13)12-6-4-11(17)5-7-12/h4-8,10H,9H2,1-3H3,(H,18,22). The van der Waals surface area contributed by atoms with Crippen molar-refractivity contribution in [2.75, 3.05) is 12.8 Å². The minimum Gasteiger partial charge on any atom is -0.462 e. The molecule has 0 saturated carbocycles. The van der Waals surface area contributed by atoms with Gasteiger partial charge in [0.05, 0.1) is 12.3 Å². The number of esters is 1. The summed E-state index contributed by atoms with van der Waals surface area (Å²) in [5.74, 6) is -1.35. The molecule has 1 aromatic heterocycles. The molecule has 1 N–H and O–H groups in total. The number of carbonyl (C=O) groups is 2. The topological polar surface area (TPSA) is 73.2 Å². The number of ether oxygens (including phenoxy) is 1. The molecule has 2 aromatic rings. The third-order valence-electron chi connectivity index (χ3n) is 2.99. The molecule has 0 aliphatic rings. The summed E-state index contributed by atoms with van der Waals surface area (Å²) in [7, 11) is 0. The Hall–Kier alpha value is -2.35. The maximum Gasteiger partial charge on any atom is 0.325 e. The SMILES string of the molecule is CSc1ncc(C(=O)NCC(=O)OC(C)C)n1-c1ccc(F)cc1. The van der Waals surface area contributed by atoms with Gasteiger partial charge in [0.15, 0.2) is 5.16 Å². The molecule has 0 unspecified atom stereocenters. The summed E-state index contributed by atoms with van der Waals surface area (Å²) in [5, 5.41) is 3.09. The molecular weight excluding hydrogens is 333 g/mol. The first-order valence-electron chi connectivity index (χ1n) is 7.27. The van der Waals surface area contributed by atoms with Crippen molar-refractivity contribution in [3.05, 3.63) is 42.0 Å². The van der Waals surface area contributed by atoms with Crippen LogP contribution in [0.25, 0.3) is 5.69 Å². The zero-order valence-electron chi connectivity index (χ0n) is 13.6. The number of nitrogens with zero attached hydrogens (tertiary/aromatic N) is 2. The molecule has 6 nitrogen and oxygen atoms in total. The van der Waals surface area contributed by atoms with Crippen LogP contribution in [0, 0.1) is 5.82 Å². The normalized spacial score (nSPS) is 10.7. The molecule has 1 heterocycles. The smallest absolute Gasteiger partial charge is 0.325 e. The zero-order chi connectivity index (χ0) is 17.7. The Morgan fingerprint density at radius 2 is 2.00 bits per heavy atom. The number of halogens is 1. The Bertz CT molecular complexity index is 729. The molecule has 8 heteroatoms. The van der Waals surface area contributed by atoms with Gasteiger partial charge in [0, 0.05) is 5.69 Å². The minimum absolute atomic E-state index is 0.236. The second kappa shape index (κ2) is 7.96. The van der Waals surface area contributed by atoms with Gasteiger partial charge in [-0.2, -0.15) is 0 Å². The van der Waals surface area contributed by atoms with Crippen LogP contribution in [-0.2, 0) is 9.53 Å². The van der Waals surface area contributed by atoms with E-state index in [0.29, 0.717) is 10.8 Å². The monoisotopic (exact) mass is 351 g/mol.